The third kappa shape index (κ3) is 6.47. The molecule has 0 bridgehead atoms. The number of carbonyl (C=O) groups is 1. The first kappa shape index (κ1) is 30.0. The van der Waals surface area contributed by atoms with Crippen molar-refractivity contribution >= 4 is 15.8 Å². The van der Waals surface area contributed by atoms with Crippen LogP contribution in [0.25, 0.3) is 11.1 Å². The minimum atomic E-state index is -4.73. The zero-order valence-electron chi connectivity index (χ0n) is 22.8. The zero-order valence-corrected chi connectivity index (χ0v) is 23.6. The molecule has 4 atom stereocenters. The molecule has 0 spiro atoms. The molecule has 0 heterocycles. The van der Waals surface area contributed by atoms with Gasteiger partial charge in [-0.2, -0.15) is 13.2 Å². The van der Waals surface area contributed by atoms with Gasteiger partial charge in [0.1, 0.15) is 21.4 Å². The molecule has 0 saturated heterocycles. The molecule has 4 unspecified atom stereocenters. The van der Waals surface area contributed by atoms with Gasteiger partial charge in [-0.15, -0.1) is 0 Å². The largest absolute Gasteiger partial charge is 0.494 e. The van der Waals surface area contributed by atoms with Crippen molar-refractivity contribution in [1.29, 1.82) is 0 Å². The van der Waals surface area contributed by atoms with Crippen molar-refractivity contribution in [3.63, 3.8) is 0 Å². The van der Waals surface area contributed by atoms with E-state index in [1.165, 1.54) is 24.3 Å². The second kappa shape index (κ2) is 11.3. The number of ether oxygens (including phenoxy) is 2. The lowest BCUT2D eigenvalue weighted by Crippen LogP contribution is -2.13. The van der Waals surface area contributed by atoms with E-state index in [2.05, 4.69) is 6.58 Å². The number of hydrogen-bond acceptors (Lipinski definition) is 5. The Morgan fingerprint density at radius 3 is 2.62 bits per heavy atom. The summed E-state index contributed by atoms with van der Waals surface area (Å²) in [6, 6.07) is 7.14. The summed E-state index contributed by atoms with van der Waals surface area (Å²) < 4.78 is 90.8. The average Bonchev–Trinajstić information content (AvgIpc) is 3.55. The van der Waals surface area contributed by atoms with Gasteiger partial charge < -0.3 is 14.6 Å². The minimum Gasteiger partial charge on any atom is -0.494 e. The first-order valence-corrected chi connectivity index (χ1v) is 15.5. The molecule has 1 N–H and O–H groups in total. The number of hydrogen-bond donors (Lipinski definition) is 1. The number of carboxylic acid groups (broad SMARTS) is 1. The van der Waals surface area contributed by atoms with E-state index in [4.69, 9.17) is 9.47 Å². The lowest BCUT2D eigenvalue weighted by atomic mass is 9.97. The Hall–Kier alpha value is -3.44. The first-order valence-electron chi connectivity index (χ1n) is 13.5. The monoisotopic (exact) mass is 606 g/mol. The molecular weight excluding hydrogens is 576 g/mol. The van der Waals surface area contributed by atoms with Crippen molar-refractivity contribution in [1.82, 2.24) is 0 Å². The van der Waals surface area contributed by atoms with Crippen LogP contribution in [0.2, 0.25) is 0 Å². The van der Waals surface area contributed by atoms with Crippen LogP contribution in [-0.4, -0.2) is 44.2 Å². The van der Waals surface area contributed by atoms with E-state index in [1.54, 1.807) is 0 Å². The predicted molar refractivity (Wildman–Crippen MR) is 148 cm³/mol. The maximum Gasteiger partial charge on any atom is 0.417 e. The second-order valence-electron chi connectivity index (χ2n) is 11.0. The number of benzene rings is 2. The molecule has 0 aliphatic heterocycles. The number of halogens is 4. The smallest absolute Gasteiger partial charge is 0.417 e. The van der Waals surface area contributed by atoms with E-state index < -0.39 is 39.5 Å². The normalized spacial score (nSPS) is 23.4. The number of sulfone groups is 1. The van der Waals surface area contributed by atoms with Crippen molar-refractivity contribution in [3.05, 3.63) is 88.8 Å². The second-order valence-corrected chi connectivity index (χ2v) is 13.3. The van der Waals surface area contributed by atoms with Gasteiger partial charge in [0.15, 0.2) is 0 Å². The molecule has 2 fully saturated rings. The number of allylic oxidation sites excluding steroid dienone is 3. The summed E-state index contributed by atoms with van der Waals surface area (Å²) in [6.45, 7) is 3.79. The van der Waals surface area contributed by atoms with Crippen molar-refractivity contribution in [2.45, 2.75) is 38.1 Å². The highest BCUT2D eigenvalue weighted by Gasteiger charge is 2.61. The van der Waals surface area contributed by atoms with E-state index in [0.717, 1.165) is 35.1 Å². The fraction of sp³-hybridized carbons (Fsp3) is 0.387. The number of alkyl halides is 3. The maximum absolute atomic E-state index is 14.8. The molecule has 3 aliphatic carbocycles. The van der Waals surface area contributed by atoms with Crippen LogP contribution < -0.4 is 4.74 Å². The van der Waals surface area contributed by atoms with Crippen LogP contribution in [0.1, 0.15) is 30.4 Å². The average molecular weight is 607 g/mol. The number of carboxylic acids is 1. The molecule has 5 rings (SSSR count). The molecule has 6 nitrogen and oxygen atoms in total. The Bertz CT molecular complexity index is 1590. The van der Waals surface area contributed by atoms with Crippen LogP contribution in [0.3, 0.4) is 0 Å². The Kier molecular flexibility index (Phi) is 8.10. The summed E-state index contributed by atoms with van der Waals surface area (Å²) in [4.78, 5) is 11.5. The highest BCUT2D eigenvalue weighted by atomic mass is 32.2. The van der Waals surface area contributed by atoms with Crippen molar-refractivity contribution in [3.8, 4) is 16.9 Å². The third-order valence-corrected chi connectivity index (χ3v) is 9.01. The summed E-state index contributed by atoms with van der Waals surface area (Å²) >= 11 is 0. The Morgan fingerprint density at radius 1 is 1.17 bits per heavy atom. The quantitative estimate of drug-likeness (QED) is 0.192. The molecule has 0 amide bonds. The summed E-state index contributed by atoms with van der Waals surface area (Å²) in [7, 11) is -3.22. The Labute approximate surface area is 241 Å². The lowest BCUT2D eigenvalue weighted by Gasteiger charge is -2.18. The van der Waals surface area contributed by atoms with Gasteiger partial charge in [0.2, 0.25) is 0 Å². The third-order valence-electron chi connectivity index (χ3n) is 7.98. The number of aliphatic carboxylic acids is 1. The van der Waals surface area contributed by atoms with Gasteiger partial charge in [0.05, 0.1) is 36.6 Å². The fourth-order valence-corrected chi connectivity index (χ4v) is 6.51. The van der Waals surface area contributed by atoms with Gasteiger partial charge in [-0.25, -0.2) is 12.8 Å². The van der Waals surface area contributed by atoms with Gasteiger partial charge in [-0.05, 0) is 83.4 Å². The molecule has 11 heteroatoms. The van der Waals surface area contributed by atoms with Gasteiger partial charge in [-0.3, -0.25) is 4.79 Å². The van der Waals surface area contributed by atoms with Crippen LogP contribution in [0.15, 0.2) is 71.8 Å². The topological polar surface area (TPSA) is 89.9 Å². The highest BCUT2D eigenvalue weighted by molar-refractivity contribution is 7.90. The number of rotatable bonds is 10. The summed E-state index contributed by atoms with van der Waals surface area (Å²) in [5.74, 6) is -1.91. The maximum atomic E-state index is 14.8. The van der Waals surface area contributed by atoms with E-state index >= 15 is 0 Å². The molecule has 3 aliphatic rings. The molecule has 0 aromatic heterocycles. The SMILES string of the molecule is C=C1CC=C2C(=CC1OCc1cc(-c3ccc(OCCCS(C)(=O)=O)cc3C(F)(F)F)ccc1F)CC1C(C(=O)O)C21. The summed E-state index contributed by atoms with van der Waals surface area (Å²) in [5, 5.41) is 9.40. The van der Waals surface area contributed by atoms with E-state index in [-0.39, 0.29) is 65.6 Å². The first-order chi connectivity index (χ1) is 19.7. The van der Waals surface area contributed by atoms with Gasteiger partial charge >= 0.3 is 12.1 Å². The molecular formula is C31H30F4O6S. The van der Waals surface area contributed by atoms with E-state index in [9.17, 15) is 35.9 Å². The van der Waals surface area contributed by atoms with Gasteiger partial charge in [0, 0.05) is 17.7 Å². The van der Waals surface area contributed by atoms with Crippen molar-refractivity contribution in [2.24, 2.45) is 17.8 Å². The van der Waals surface area contributed by atoms with Crippen LogP contribution in [0.5, 0.6) is 5.75 Å². The summed E-state index contributed by atoms with van der Waals surface area (Å²) in [6.07, 6.45) is 0.907. The van der Waals surface area contributed by atoms with E-state index in [1.807, 2.05) is 12.2 Å². The molecule has 2 aromatic rings. The highest BCUT2D eigenvalue weighted by Crippen LogP contribution is 2.63. The molecule has 224 valence electrons. The van der Waals surface area contributed by atoms with E-state index in [0.29, 0.717) is 12.8 Å². The zero-order chi connectivity index (χ0) is 30.4. The van der Waals surface area contributed by atoms with Crippen molar-refractivity contribution in [2.75, 3.05) is 18.6 Å². The molecule has 42 heavy (non-hydrogen) atoms. The molecule has 2 aromatic carbocycles. The number of fused-ring (bicyclic) bond motifs is 3. The van der Waals surface area contributed by atoms with Gasteiger partial charge in [-0.1, -0.05) is 24.8 Å². The predicted octanol–water partition coefficient (Wildman–Crippen LogP) is 6.37. The molecule has 2 saturated carbocycles. The summed E-state index contributed by atoms with van der Waals surface area (Å²) in [5.41, 5.74) is 1.82. The lowest BCUT2D eigenvalue weighted by molar-refractivity contribution is -0.139. The Balaban J connectivity index is 1.32. The molecule has 0 radical (unpaired) electrons. The standard InChI is InChI=1S/C31H30F4O6S/c1-17-4-7-23-19(13-24-28(23)29(24)30(36)37)14-27(17)41-16-20-12-18(5-9-26(20)32)22-8-6-21(15-25(22)31(33,34)35)40-10-3-11-42(2,38)39/h5-9,12,14-15,24,27-29H,1,3-4,10-11,13,16H2,2H3,(H,36,37). The van der Waals surface area contributed by atoms with Crippen LogP contribution in [0.4, 0.5) is 17.6 Å². The Morgan fingerprint density at radius 2 is 1.93 bits per heavy atom. The van der Waals surface area contributed by atoms with Crippen LogP contribution >= 0.6 is 0 Å². The van der Waals surface area contributed by atoms with Crippen LogP contribution in [-0.2, 0) is 32.2 Å². The fourth-order valence-electron chi connectivity index (χ4n) is 5.87. The van der Waals surface area contributed by atoms with Gasteiger partial charge in [0.25, 0.3) is 0 Å². The minimum absolute atomic E-state index is 0.00142. The van der Waals surface area contributed by atoms with Crippen LogP contribution in [0, 0.1) is 23.6 Å². The van der Waals surface area contributed by atoms with Crippen molar-refractivity contribution < 1.29 is 45.4 Å².